The van der Waals surface area contributed by atoms with E-state index in [1.165, 1.54) is 23.7 Å². The Kier molecular flexibility index (Phi) is 4.39. The molecular formula is C18H20N6O2. The number of para-hydroxylation sites is 1. The second-order valence-corrected chi connectivity index (χ2v) is 6.55. The van der Waals surface area contributed by atoms with Crippen molar-refractivity contribution in [2.75, 3.05) is 5.32 Å². The molecule has 2 heterocycles. The van der Waals surface area contributed by atoms with Crippen molar-refractivity contribution in [3.8, 4) is 0 Å². The van der Waals surface area contributed by atoms with Gasteiger partial charge in [0, 0.05) is 17.6 Å². The highest BCUT2D eigenvalue weighted by Gasteiger charge is 2.18. The highest BCUT2D eigenvalue weighted by atomic mass is 16.2. The van der Waals surface area contributed by atoms with Crippen LogP contribution in [0.2, 0.25) is 0 Å². The van der Waals surface area contributed by atoms with Gasteiger partial charge in [-0.05, 0) is 18.9 Å². The van der Waals surface area contributed by atoms with Gasteiger partial charge in [0.2, 0.25) is 5.91 Å². The van der Waals surface area contributed by atoms with E-state index in [9.17, 15) is 9.59 Å². The first kappa shape index (κ1) is 16.3. The Labute approximate surface area is 150 Å². The summed E-state index contributed by atoms with van der Waals surface area (Å²) < 4.78 is 1.52. The van der Waals surface area contributed by atoms with Gasteiger partial charge in [0.25, 0.3) is 5.91 Å². The van der Waals surface area contributed by atoms with Gasteiger partial charge in [-0.1, -0.05) is 31.0 Å². The van der Waals surface area contributed by atoms with Crippen LogP contribution in [-0.4, -0.2) is 37.8 Å². The zero-order chi connectivity index (χ0) is 17.9. The fraction of sp³-hybridized carbons (Fsp3) is 0.333. The number of nitrogens with zero attached hydrogens (tertiary/aromatic N) is 3. The van der Waals surface area contributed by atoms with Crippen LogP contribution in [0, 0.1) is 0 Å². The van der Waals surface area contributed by atoms with Crippen LogP contribution < -0.4 is 10.6 Å². The maximum Gasteiger partial charge on any atom is 0.276 e. The van der Waals surface area contributed by atoms with Crippen LogP contribution in [0.1, 0.15) is 36.2 Å². The van der Waals surface area contributed by atoms with Gasteiger partial charge in [-0.15, -0.1) is 0 Å². The molecule has 3 N–H and O–H groups in total. The van der Waals surface area contributed by atoms with Crippen LogP contribution in [0.25, 0.3) is 10.9 Å². The van der Waals surface area contributed by atoms with E-state index in [0.717, 1.165) is 23.7 Å². The maximum atomic E-state index is 12.4. The van der Waals surface area contributed by atoms with Crippen molar-refractivity contribution in [3.63, 3.8) is 0 Å². The predicted molar refractivity (Wildman–Crippen MR) is 96.7 cm³/mol. The maximum absolute atomic E-state index is 12.4. The lowest BCUT2D eigenvalue weighted by Gasteiger charge is -2.11. The van der Waals surface area contributed by atoms with Gasteiger partial charge >= 0.3 is 0 Å². The van der Waals surface area contributed by atoms with E-state index in [1.54, 1.807) is 6.20 Å². The molecule has 4 rings (SSSR count). The van der Waals surface area contributed by atoms with Gasteiger partial charge in [-0.3, -0.25) is 19.4 Å². The molecule has 0 spiro atoms. The number of hydrogen-bond acceptors (Lipinski definition) is 4. The Morgan fingerprint density at radius 3 is 2.88 bits per heavy atom. The molecule has 3 aromatic rings. The smallest absolute Gasteiger partial charge is 0.276 e. The fourth-order valence-corrected chi connectivity index (χ4v) is 3.33. The predicted octanol–water partition coefficient (Wildman–Crippen LogP) is 2.07. The van der Waals surface area contributed by atoms with Crippen molar-refractivity contribution in [1.29, 1.82) is 0 Å². The third-order valence-corrected chi connectivity index (χ3v) is 4.60. The fourth-order valence-electron chi connectivity index (χ4n) is 3.33. The minimum absolute atomic E-state index is 0.0591. The second-order valence-electron chi connectivity index (χ2n) is 6.55. The van der Waals surface area contributed by atoms with Crippen molar-refractivity contribution in [2.45, 2.75) is 38.3 Å². The van der Waals surface area contributed by atoms with Crippen LogP contribution in [-0.2, 0) is 11.3 Å². The van der Waals surface area contributed by atoms with E-state index in [1.807, 2.05) is 24.3 Å². The average Bonchev–Trinajstić information content (AvgIpc) is 3.35. The lowest BCUT2D eigenvalue weighted by Crippen LogP contribution is -2.35. The summed E-state index contributed by atoms with van der Waals surface area (Å²) >= 11 is 0. The Hall–Kier alpha value is -3.16. The van der Waals surface area contributed by atoms with Crippen molar-refractivity contribution in [2.24, 2.45) is 0 Å². The average molecular weight is 352 g/mol. The largest absolute Gasteiger partial charge is 0.352 e. The molecule has 0 atom stereocenters. The minimum Gasteiger partial charge on any atom is -0.352 e. The van der Waals surface area contributed by atoms with Crippen LogP contribution in [0.3, 0.4) is 0 Å². The van der Waals surface area contributed by atoms with Gasteiger partial charge in [0.05, 0.1) is 17.4 Å². The number of carbonyl (C=O) groups excluding carboxylic acids is 2. The van der Waals surface area contributed by atoms with Crippen molar-refractivity contribution in [1.82, 2.24) is 25.3 Å². The zero-order valence-corrected chi connectivity index (χ0v) is 14.2. The lowest BCUT2D eigenvalue weighted by molar-refractivity contribution is -0.122. The monoisotopic (exact) mass is 352 g/mol. The summed E-state index contributed by atoms with van der Waals surface area (Å²) in [6.45, 7) is 0.137. The van der Waals surface area contributed by atoms with Gasteiger partial charge in [0.1, 0.15) is 6.54 Å². The number of hydrogen-bond donors (Lipinski definition) is 3. The molecule has 134 valence electrons. The van der Waals surface area contributed by atoms with E-state index in [4.69, 9.17) is 0 Å². The number of nitrogens with one attached hydrogen (secondary N) is 3. The molecule has 1 aliphatic rings. The van der Waals surface area contributed by atoms with Gasteiger partial charge < -0.3 is 10.6 Å². The number of aromatic amines is 1. The molecule has 26 heavy (non-hydrogen) atoms. The first-order valence-corrected chi connectivity index (χ1v) is 8.75. The summed E-state index contributed by atoms with van der Waals surface area (Å²) in [5.41, 5.74) is 1.65. The standard InChI is InChI=1S/C18H20N6O2/c25-16(20-12-5-1-2-6-12)11-24-10-13(9-19-24)21-18(26)17-14-7-3-4-8-15(14)22-23-17/h3-4,7-10,12H,1-2,5-6,11H2,(H,20,25)(H,21,26)(H,22,23). The summed E-state index contributed by atoms with van der Waals surface area (Å²) in [4.78, 5) is 24.5. The first-order valence-electron chi connectivity index (χ1n) is 8.75. The SMILES string of the molecule is O=C(Cn1cc(NC(=O)c2n[nH]c3ccccc23)cn1)NC1CCCC1. The van der Waals surface area contributed by atoms with E-state index < -0.39 is 0 Å². The number of carbonyl (C=O) groups is 2. The summed E-state index contributed by atoms with van der Waals surface area (Å²) in [6.07, 6.45) is 7.60. The highest BCUT2D eigenvalue weighted by Crippen LogP contribution is 2.18. The van der Waals surface area contributed by atoms with Gasteiger partial charge in [-0.2, -0.15) is 10.2 Å². The zero-order valence-electron chi connectivity index (χ0n) is 14.2. The minimum atomic E-state index is -0.322. The molecule has 0 saturated heterocycles. The molecule has 1 saturated carbocycles. The molecule has 2 aromatic heterocycles. The van der Waals surface area contributed by atoms with E-state index in [0.29, 0.717) is 11.4 Å². The molecule has 0 bridgehead atoms. The number of aromatic nitrogens is 4. The summed E-state index contributed by atoms with van der Waals surface area (Å²) in [5, 5.41) is 17.6. The van der Waals surface area contributed by atoms with Crippen LogP contribution in [0.4, 0.5) is 5.69 Å². The lowest BCUT2D eigenvalue weighted by atomic mass is 10.2. The van der Waals surface area contributed by atoms with E-state index in [-0.39, 0.29) is 24.4 Å². The van der Waals surface area contributed by atoms with Gasteiger partial charge in [0.15, 0.2) is 5.69 Å². The third kappa shape index (κ3) is 3.44. The Morgan fingerprint density at radius 2 is 2.04 bits per heavy atom. The van der Waals surface area contributed by atoms with Crippen LogP contribution >= 0.6 is 0 Å². The molecule has 8 heteroatoms. The summed E-state index contributed by atoms with van der Waals surface area (Å²) in [5.74, 6) is -0.381. The second kappa shape index (κ2) is 6.99. The quantitative estimate of drug-likeness (QED) is 0.654. The number of rotatable bonds is 5. The molecule has 8 nitrogen and oxygen atoms in total. The topological polar surface area (TPSA) is 105 Å². The molecule has 0 radical (unpaired) electrons. The molecule has 0 aliphatic heterocycles. The summed E-state index contributed by atoms with van der Waals surface area (Å²) in [6, 6.07) is 7.72. The van der Waals surface area contributed by atoms with Crippen molar-refractivity contribution >= 4 is 28.4 Å². The molecular weight excluding hydrogens is 332 g/mol. The molecule has 1 fully saturated rings. The normalized spacial score (nSPS) is 14.6. The van der Waals surface area contributed by atoms with Crippen LogP contribution in [0.5, 0.6) is 0 Å². The molecule has 1 aromatic carbocycles. The molecule has 2 amide bonds. The number of H-pyrrole nitrogens is 1. The number of anilines is 1. The van der Waals surface area contributed by atoms with Gasteiger partial charge in [-0.25, -0.2) is 0 Å². The Bertz CT molecular complexity index is 938. The van der Waals surface area contributed by atoms with Crippen molar-refractivity contribution in [3.05, 3.63) is 42.4 Å². The molecule has 1 aliphatic carbocycles. The first-order chi connectivity index (χ1) is 12.7. The van der Waals surface area contributed by atoms with Crippen molar-refractivity contribution < 1.29 is 9.59 Å². The van der Waals surface area contributed by atoms with E-state index in [2.05, 4.69) is 25.9 Å². The third-order valence-electron chi connectivity index (χ3n) is 4.60. The Balaban J connectivity index is 1.38. The molecule has 0 unspecified atom stereocenters. The summed E-state index contributed by atoms with van der Waals surface area (Å²) in [7, 11) is 0. The van der Waals surface area contributed by atoms with Crippen LogP contribution in [0.15, 0.2) is 36.7 Å². The number of fused-ring (bicyclic) bond motifs is 1. The number of benzene rings is 1. The Morgan fingerprint density at radius 1 is 1.23 bits per heavy atom. The van der Waals surface area contributed by atoms with E-state index >= 15 is 0 Å². The number of amides is 2. The highest BCUT2D eigenvalue weighted by molar-refractivity contribution is 6.10.